The van der Waals surface area contributed by atoms with Gasteiger partial charge in [-0.1, -0.05) is 152 Å². The highest BCUT2D eigenvalue weighted by Gasteiger charge is 2.26. The average molecular weight is 712 g/mol. The fourth-order valence-electron chi connectivity index (χ4n) is 9.52. The maximum Gasteiger partial charge on any atom is 0.165 e. The molecular weight excluding hydrogens is 683 g/mol. The lowest BCUT2D eigenvalue weighted by Gasteiger charge is -2.16. The van der Waals surface area contributed by atoms with Crippen LogP contribution >= 0.6 is 0 Å². The fourth-order valence-corrected chi connectivity index (χ4v) is 9.52. The summed E-state index contributed by atoms with van der Waals surface area (Å²) in [5.41, 5.74) is 7.28. The molecule has 3 heterocycles. The van der Waals surface area contributed by atoms with Crippen LogP contribution in [0.2, 0.25) is 0 Å². The summed E-state index contributed by atoms with van der Waals surface area (Å²) < 4.78 is 9.51. The highest BCUT2D eigenvalue weighted by Crippen LogP contribution is 2.47. The maximum atomic E-state index is 7.19. The van der Waals surface area contributed by atoms with Gasteiger partial charge in [0.2, 0.25) is 0 Å². The van der Waals surface area contributed by atoms with Crippen LogP contribution in [0.4, 0.5) is 0 Å². The molecule has 0 aliphatic rings. The summed E-state index contributed by atoms with van der Waals surface area (Å²) in [4.78, 5) is 11.2. The average Bonchev–Trinajstić information content (AvgIpc) is 3.83. The second-order valence-electron chi connectivity index (χ2n) is 14.8. The van der Waals surface area contributed by atoms with Crippen LogP contribution in [-0.2, 0) is 0 Å². The Morgan fingerprint density at radius 2 is 0.911 bits per heavy atom. The molecule has 3 aromatic heterocycles. The summed E-state index contributed by atoms with van der Waals surface area (Å²) in [5.74, 6) is 0.765. The Labute approximate surface area is 319 Å². The Morgan fingerprint density at radius 1 is 0.375 bits per heavy atom. The van der Waals surface area contributed by atoms with Gasteiger partial charge < -0.3 is 4.42 Å². The molecule has 0 unspecified atom stereocenters. The third-order valence-electron chi connectivity index (χ3n) is 11.9. The monoisotopic (exact) mass is 711 g/mol. The first-order valence-electron chi connectivity index (χ1n) is 19.1. The summed E-state index contributed by atoms with van der Waals surface area (Å²) in [5, 5.41) is 16.3. The number of aromatic nitrogens is 3. The van der Waals surface area contributed by atoms with Crippen LogP contribution < -0.4 is 0 Å². The van der Waals surface area contributed by atoms with Crippen LogP contribution in [-0.4, -0.2) is 14.5 Å². The smallest absolute Gasteiger partial charge is 0.165 e. The zero-order valence-electron chi connectivity index (χ0n) is 30.0. The first-order valence-corrected chi connectivity index (χ1v) is 19.1. The topological polar surface area (TPSA) is 43.9 Å². The van der Waals surface area contributed by atoms with Crippen LogP contribution in [0.1, 0.15) is 0 Å². The standard InChI is InChI=1S/C52H29N3O/c1-2-15-31(16-3-1)48-52(54-44-29-42-36-21-9-7-19-34(36)33-18-6-8-20-35(33)41(42)28-43(44)53-48)55-45-25-13-12-24-39(45)46-37-22-10-11-23-38(37)47-40-27-26-30-14-4-5-17-32(30)50(40)56-51(47)49(46)55/h1-29H. The van der Waals surface area contributed by atoms with Gasteiger partial charge >= 0.3 is 0 Å². The lowest BCUT2D eigenvalue weighted by molar-refractivity contribution is 0.675. The van der Waals surface area contributed by atoms with E-state index >= 15 is 0 Å². The molecule has 0 N–H and O–H groups in total. The van der Waals surface area contributed by atoms with Crippen molar-refractivity contribution in [1.82, 2.24) is 14.5 Å². The first-order chi connectivity index (χ1) is 27.8. The Hall–Kier alpha value is -7.56. The molecule has 0 fully saturated rings. The van der Waals surface area contributed by atoms with Crippen molar-refractivity contribution in [3.63, 3.8) is 0 Å². The minimum Gasteiger partial charge on any atom is -0.453 e. The molecule has 0 saturated heterocycles. The molecule has 258 valence electrons. The molecule has 0 spiro atoms. The van der Waals surface area contributed by atoms with Gasteiger partial charge in [-0.15, -0.1) is 0 Å². The van der Waals surface area contributed by atoms with E-state index in [1.807, 2.05) is 0 Å². The number of nitrogens with zero attached hydrogens (tertiary/aromatic N) is 3. The van der Waals surface area contributed by atoms with Crippen molar-refractivity contribution in [1.29, 1.82) is 0 Å². The van der Waals surface area contributed by atoms with E-state index in [0.717, 1.165) is 82.6 Å². The lowest BCUT2D eigenvalue weighted by atomic mass is 9.94. The number of furan rings is 1. The number of hydrogen-bond acceptors (Lipinski definition) is 3. The fraction of sp³-hybridized carbons (Fsp3) is 0. The van der Waals surface area contributed by atoms with Crippen LogP contribution in [0.25, 0.3) is 126 Å². The molecule has 10 aromatic carbocycles. The van der Waals surface area contributed by atoms with Crippen molar-refractivity contribution in [2.45, 2.75) is 0 Å². The van der Waals surface area contributed by atoms with E-state index in [9.17, 15) is 0 Å². The van der Waals surface area contributed by atoms with Crippen molar-refractivity contribution < 1.29 is 4.42 Å². The number of benzene rings is 10. The molecule has 0 radical (unpaired) electrons. The highest BCUT2D eigenvalue weighted by atomic mass is 16.3. The van der Waals surface area contributed by atoms with Crippen LogP contribution in [0, 0.1) is 0 Å². The summed E-state index contributed by atoms with van der Waals surface area (Å²) in [7, 11) is 0. The molecule has 4 nitrogen and oxygen atoms in total. The summed E-state index contributed by atoms with van der Waals surface area (Å²) in [6.07, 6.45) is 0. The Bertz CT molecular complexity index is 3820. The van der Waals surface area contributed by atoms with Crippen molar-refractivity contribution in [3.05, 3.63) is 176 Å². The molecule has 4 heteroatoms. The molecule has 13 aromatic rings. The van der Waals surface area contributed by atoms with Gasteiger partial charge in [0.1, 0.15) is 11.3 Å². The van der Waals surface area contributed by atoms with Crippen molar-refractivity contribution in [3.8, 4) is 17.1 Å². The second-order valence-corrected chi connectivity index (χ2v) is 14.8. The molecular formula is C52H29N3O. The molecule has 0 atom stereocenters. The highest BCUT2D eigenvalue weighted by molar-refractivity contribution is 6.36. The Morgan fingerprint density at radius 3 is 1.61 bits per heavy atom. The summed E-state index contributed by atoms with van der Waals surface area (Å²) >= 11 is 0. The van der Waals surface area contributed by atoms with Crippen molar-refractivity contribution in [2.24, 2.45) is 0 Å². The molecule has 0 amide bonds. The van der Waals surface area contributed by atoms with E-state index in [2.05, 4.69) is 180 Å². The zero-order valence-corrected chi connectivity index (χ0v) is 30.0. The first kappa shape index (κ1) is 29.8. The van der Waals surface area contributed by atoms with Crippen LogP contribution in [0.3, 0.4) is 0 Å². The van der Waals surface area contributed by atoms with Crippen molar-refractivity contribution in [2.75, 3.05) is 0 Å². The largest absolute Gasteiger partial charge is 0.453 e. The maximum absolute atomic E-state index is 7.19. The van der Waals surface area contributed by atoms with E-state index in [0.29, 0.717) is 0 Å². The Kier molecular flexibility index (Phi) is 5.86. The van der Waals surface area contributed by atoms with Crippen molar-refractivity contribution >= 4 is 109 Å². The van der Waals surface area contributed by atoms with Gasteiger partial charge in [0.25, 0.3) is 0 Å². The van der Waals surface area contributed by atoms with Gasteiger partial charge in [-0.25, -0.2) is 9.97 Å². The third kappa shape index (κ3) is 3.92. The van der Waals surface area contributed by atoms with Gasteiger partial charge in [0.15, 0.2) is 11.4 Å². The summed E-state index contributed by atoms with van der Waals surface area (Å²) in [6.45, 7) is 0. The van der Waals surface area contributed by atoms with E-state index in [1.54, 1.807) is 0 Å². The Balaban J connectivity index is 1.25. The normalized spacial score (nSPS) is 12.3. The molecule has 0 aliphatic carbocycles. The number of fused-ring (bicyclic) bond motifs is 19. The van der Waals surface area contributed by atoms with Gasteiger partial charge in [0, 0.05) is 32.5 Å². The number of para-hydroxylation sites is 1. The van der Waals surface area contributed by atoms with Crippen LogP contribution in [0.5, 0.6) is 0 Å². The predicted molar refractivity (Wildman–Crippen MR) is 234 cm³/mol. The predicted octanol–water partition coefficient (Wildman–Crippen LogP) is 14.1. The van der Waals surface area contributed by atoms with E-state index < -0.39 is 0 Å². The van der Waals surface area contributed by atoms with Gasteiger partial charge in [0.05, 0.1) is 22.1 Å². The number of hydrogen-bond donors (Lipinski definition) is 0. The zero-order chi connectivity index (χ0) is 36.5. The molecule has 0 aliphatic heterocycles. The van der Waals surface area contributed by atoms with E-state index in [-0.39, 0.29) is 0 Å². The molecule has 0 bridgehead atoms. The van der Waals surface area contributed by atoms with Crippen LogP contribution in [0.15, 0.2) is 180 Å². The van der Waals surface area contributed by atoms with Gasteiger partial charge in [-0.05, 0) is 72.7 Å². The third-order valence-corrected chi connectivity index (χ3v) is 11.9. The van der Waals surface area contributed by atoms with E-state index in [1.165, 1.54) is 43.1 Å². The minimum absolute atomic E-state index is 0.765. The molecule has 56 heavy (non-hydrogen) atoms. The SMILES string of the molecule is c1ccc(-c2nc3cc4c5ccccc5c5ccccc5c4cc3nc2-n2c3ccccc3c3c4ccccc4c4c5ccc6ccccc6c5oc4c32)cc1. The number of rotatable bonds is 2. The lowest BCUT2D eigenvalue weighted by Crippen LogP contribution is -2.04. The van der Waals surface area contributed by atoms with Gasteiger partial charge in [-0.3, -0.25) is 4.57 Å². The quantitative estimate of drug-likeness (QED) is 0.132. The molecule has 13 rings (SSSR count). The van der Waals surface area contributed by atoms with E-state index in [4.69, 9.17) is 14.4 Å². The minimum atomic E-state index is 0.765. The van der Waals surface area contributed by atoms with Gasteiger partial charge in [-0.2, -0.15) is 0 Å². The molecule has 0 saturated carbocycles. The summed E-state index contributed by atoms with van der Waals surface area (Å²) in [6, 6.07) is 62.7. The second kappa shape index (κ2) is 11.0.